The summed E-state index contributed by atoms with van der Waals surface area (Å²) in [5, 5.41) is 4.48. The Labute approximate surface area is 93.5 Å². The van der Waals surface area contributed by atoms with Gasteiger partial charge in [0.1, 0.15) is 0 Å². The van der Waals surface area contributed by atoms with Crippen molar-refractivity contribution in [1.82, 2.24) is 0 Å². The van der Waals surface area contributed by atoms with Gasteiger partial charge in [0.05, 0.1) is 0 Å². The SMILES string of the molecule is Nc1cccc2c1ccc1c(N)cccc12. The molecule has 3 rings (SSSR count). The zero-order chi connectivity index (χ0) is 11.1. The third-order valence-corrected chi connectivity index (χ3v) is 2.99. The zero-order valence-electron chi connectivity index (χ0n) is 8.77. The number of hydrogen-bond acceptors (Lipinski definition) is 2. The number of benzene rings is 3. The van der Waals surface area contributed by atoms with Gasteiger partial charge in [-0.15, -0.1) is 0 Å². The summed E-state index contributed by atoms with van der Waals surface area (Å²) < 4.78 is 0. The molecule has 0 amide bonds. The minimum atomic E-state index is 0.807. The van der Waals surface area contributed by atoms with Crippen LogP contribution in [0.1, 0.15) is 0 Å². The highest BCUT2D eigenvalue weighted by Crippen LogP contribution is 2.31. The molecule has 2 heteroatoms. The van der Waals surface area contributed by atoms with E-state index in [1.54, 1.807) is 0 Å². The third-order valence-electron chi connectivity index (χ3n) is 2.99. The first kappa shape index (κ1) is 9.04. The van der Waals surface area contributed by atoms with Gasteiger partial charge >= 0.3 is 0 Å². The first-order chi connectivity index (χ1) is 7.77. The molecule has 0 unspecified atom stereocenters. The van der Waals surface area contributed by atoms with Crippen molar-refractivity contribution in [2.24, 2.45) is 0 Å². The number of hydrogen-bond donors (Lipinski definition) is 2. The Kier molecular flexibility index (Phi) is 1.77. The van der Waals surface area contributed by atoms with Gasteiger partial charge in [0.2, 0.25) is 0 Å². The van der Waals surface area contributed by atoms with Crippen LogP contribution in [-0.4, -0.2) is 0 Å². The molecule has 0 atom stereocenters. The molecule has 3 aromatic rings. The van der Waals surface area contributed by atoms with Gasteiger partial charge in [0.15, 0.2) is 0 Å². The average molecular weight is 208 g/mol. The fourth-order valence-electron chi connectivity index (χ4n) is 2.17. The van der Waals surface area contributed by atoms with Crippen molar-refractivity contribution in [1.29, 1.82) is 0 Å². The summed E-state index contributed by atoms with van der Waals surface area (Å²) in [4.78, 5) is 0. The zero-order valence-corrected chi connectivity index (χ0v) is 8.77. The Morgan fingerprint density at radius 3 is 1.38 bits per heavy atom. The van der Waals surface area contributed by atoms with Crippen LogP contribution in [0, 0.1) is 0 Å². The molecule has 0 spiro atoms. The number of nitrogen functional groups attached to an aromatic ring is 2. The van der Waals surface area contributed by atoms with E-state index in [0.717, 1.165) is 32.9 Å². The molecule has 0 aliphatic heterocycles. The van der Waals surface area contributed by atoms with Crippen molar-refractivity contribution < 1.29 is 0 Å². The van der Waals surface area contributed by atoms with E-state index >= 15 is 0 Å². The fraction of sp³-hybridized carbons (Fsp3) is 0. The molecule has 16 heavy (non-hydrogen) atoms. The van der Waals surface area contributed by atoms with Gasteiger partial charge in [0.25, 0.3) is 0 Å². The lowest BCUT2D eigenvalue weighted by Crippen LogP contribution is -1.89. The highest BCUT2D eigenvalue weighted by atomic mass is 14.6. The monoisotopic (exact) mass is 208 g/mol. The van der Waals surface area contributed by atoms with Crippen LogP contribution in [0.2, 0.25) is 0 Å². The number of fused-ring (bicyclic) bond motifs is 3. The summed E-state index contributed by atoms with van der Waals surface area (Å²) in [7, 11) is 0. The maximum Gasteiger partial charge on any atom is 0.0393 e. The molecule has 0 saturated carbocycles. The summed E-state index contributed by atoms with van der Waals surface area (Å²) >= 11 is 0. The van der Waals surface area contributed by atoms with Gasteiger partial charge in [-0.2, -0.15) is 0 Å². The van der Waals surface area contributed by atoms with Gasteiger partial charge in [-0.1, -0.05) is 36.4 Å². The predicted molar refractivity (Wildman–Crippen MR) is 70.3 cm³/mol. The minimum absolute atomic E-state index is 0.807. The van der Waals surface area contributed by atoms with E-state index in [9.17, 15) is 0 Å². The molecule has 0 aromatic heterocycles. The lowest BCUT2D eigenvalue weighted by atomic mass is 10.00. The molecule has 2 nitrogen and oxygen atoms in total. The largest absolute Gasteiger partial charge is 0.398 e. The number of anilines is 2. The van der Waals surface area contributed by atoms with Crippen LogP contribution in [0.15, 0.2) is 48.5 Å². The topological polar surface area (TPSA) is 52.0 Å². The molecule has 4 N–H and O–H groups in total. The van der Waals surface area contributed by atoms with Crippen LogP contribution >= 0.6 is 0 Å². The highest BCUT2D eigenvalue weighted by Gasteiger charge is 2.03. The van der Waals surface area contributed by atoms with Crippen molar-refractivity contribution >= 4 is 32.9 Å². The lowest BCUT2D eigenvalue weighted by molar-refractivity contribution is 1.73. The molecule has 0 bridgehead atoms. The van der Waals surface area contributed by atoms with Crippen LogP contribution in [0.5, 0.6) is 0 Å². The van der Waals surface area contributed by atoms with Crippen molar-refractivity contribution in [2.45, 2.75) is 0 Å². The van der Waals surface area contributed by atoms with E-state index in [4.69, 9.17) is 11.5 Å². The quantitative estimate of drug-likeness (QED) is 0.440. The number of rotatable bonds is 0. The van der Waals surface area contributed by atoms with Gasteiger partial charge in [-0.3, -0.25) is 0 Å². The van der Waals surface area contributed by atoms with Gasteiger partial charge in [0, 0.05) is 22.1 Å². The maximum absolute atomic E-state index is 5.95. The normalized spacial score (nSPS) is 11.0. The van der Waals surface area contributed by atoms with Gasteiger partial charge in [-0.25, -0.2) is 0 Å². The summed E-state index contributed by atoms with van der Waals surface area (Å²) in [6, 6.07) is 16.0. The summed E-state index contributed by atoms with van der Waals surface area (Å²) in [5.74, 6) is 0. The third kappa shape index (κ3) is 1.13. The summed E-state index contributed by atoms with van der Waals surface area (Å²) in [6.07, 6.45) is 0. The second kappa shape index (κ2) is 3.14. The first-order valence-corrected chi connectivity index (χ1v) is 5.23. The van der Waals surface area contributed by atoms with E-state index in [-0.39, 0.29) is 0 Å². The second-order valence-corrected chi connectivity index (χ2v) is 3.95. The van der Waals surface area contributed by atoms with Crippen molar-refractivity contribution in [3.63, 3.8) is 0 Å². The minimum Gasteiger partial charge on any atom is -0.398 e. The van der Waals surface area contributed by atoms with Crippen molar-refractivity contribution in [3.05, 3.63) is 48.5 Å². The average Bonchev–Trinajstić information content (AvgIpc) is 2.30. The lowest BCUT2D eigenvalue weighted by Gasteiger charge is -2.07. The van der Waals surface area contributed by atoms with Crippen molar-refractivity contribution in [2.75, 3.05) is 11.5 Å². The van der Waals surface area contributed by atoms with E-state index < -0.39 is 0 Å². The molecule has 0 aliphatic carbocycles. The van der Waals surface area contributed by atoms with E-state index in [1.807, 2.05) is 36.4 Å². The van der Waals surface area contributed by atoms with Crippen LogP contribution in [-0.2, 0) is 0 Å². The maximum atomic E-state index is 5.95. The standard InChI is InChI=1S/C14H12N2/c15-13-5-1-3-9-10-4-2-6-14(16)12(10)8-7-11(9)13/h1-8H,15-16H2. The van der Waals surface area contributed by atoms with E-state index in [1.165, 1.54) is 0 Å². The molecule has 0 saturated heterocycles. The molecule has 0 aliphatic rings. The summed E-state index contributed by atoms with van der Waals surface area (Å²) in [5.41, 5.74) is 13.5. The van der Waals surface area contributed by atoms with Gasteiger partial charge in [-0.05, 0) is 22.9 Å². The molecule has 0 heterocycles. The Morgan fingerprint density at radius 1 is 0.500 bits per heavy atom. The van der Waals surface area contributed by atoms with Crippen LogP contribution in [0.25, 0.3) is 21.5 Å². The first-order valence-electron chi connectivity index (χ1n) is 5.23. The van der Waals surface area contributed by atoms with Crippen molar-refractivity contribution in [3.8, 4) is 0 Å². The molecule has 0 radical (unpaired) electrons. The Morgan fingerprint density at radius 2 is 0.938 bits per heavy atom. The van der Waals surface area contributed by atoms with Crippen LogP contribution in [0.4, 0.5) is 11.4 Å². The number of nitrogens with two attached hydrogens (primary N) is 2. The Hall–Kier alpha value is -2.22. The van der Waals surface area contributed by atoms with Crippen LogP contribution in [0.3, 0.4) is 0 Å². The fourth-order valence-corrected chi connectivity index (χ4v) is 2.17. The summed E-state index contributed by atoms with van der Waals surface area (Å²) in [6.45, 7) is 0. The van der Waals surface area contributed by atoms with E-state index in [0.29, 0.717) is 0 Å². The highest BCUT2D eigenvalue weighted by molar-refractivity contribution is 6.13. The molecule has 0 fully saturated rings. The van der Waals surface area contributed by atoms with Crippen LogP contribution < -0.4 is 11.5 Å². The molecule has 78 valence electrons. The second-order valence-electron chi connectivity index (χ2n) is 3.95. The molecular formula is C14H12N2. The molecular weight excluding hydrogens is 196 g/mol. The Bertz CT molecular complexity index is 626. The van der Waals surface area contributed by atoms with Gasteiger partial charge < -0.3 is 11.5 Å². The molecule has 3 aromatic carbocycles. The Balaban J connectivity index is 2.60. The smallest absolute Gasteiger partial charge is 0.0393 e. The van der Waals surface area contributed by atoms with E-state index in [2.05, 4.69) is 12.1 Å². The predicted octanol–water partition coefficient (Wildman–Crippen LogP) is 3.16.